The zero-order valence-electron chi connectivity index (χ0n) is 8.43. The molecule has 7 heteroatoms. The highest BCUT2D eigenvalue weighted by Crippen LogP contribution is 2.06. The van der Waals surface area contributed by atoms with Gasteiger partial charge in [-0.3, -0.25) is 0 Å². The molecule has 0 saturated heterocycles. The predicted octanol–water partition coefficient (Wildman–Crippen LogP) is -0.0153. The number of nitrogens with zero attached hydrogens (tertiary/aromatic N) is 3. The van der Waals surface area contributed by atoms with Crippen molar-refractivity contribution in [3.8, 4) is 0 Å². The van der Waals surface area contributed by atoms with Crippen molar-refractivity contribution in [3.05, 3.63) is 6.20 Å². The van der Waals surface area contributed by atoms with Gasteiger partial charge < -0.3 is 0 Å². The summed E-state index contributed by atoms with van der Waals surface area (Å²) in [5.41, 5.74) is 0. The summed E-state index contributed by atoms with van der Waals surface area (Å²) in [5.74, 6) is 0. The maximum absolute atomic E-state index is 11.7. The van der Waals surface area contributed by atoms with Crippen molar-refractivity contribution < 1.29 is 8.42 Å². The maximum atomic E-state index is 11.7. The van der Waals surface area contributed by atoms with E-state index in [1.807, 2.05) is 6.92 Å². The van der Waals surface area contributed by atoms with Crippen molar-refractivity contribution in [3.63, 3.8) is 0 Å². The second-order valence-corrected chi connectivity index (χ2v) is 4.82. The molecular weight excluding hydrogens is 204 g/mol. The first-order chi connectivity index (χ1) is 6.47. The van der Waals surface area contributed by atoms with Crippen LogP contribution in [0, 0.1) is 0 Å². The monoisotopic (exact) mass is 218 g/mol. The van der Waals surface area contributed by atoms with Gasteiger partial charge in [0.2, 0.25) is 0 Å². The topological polar surface area (TPSA) is 76.9 Å². The van der Waals surface area contributed by atoms with Crippen LogP contribution < -0.4 is 4.72 Å². The van der Waals surface area contributed by atoms with Gasteiger partial charge in [0.25, 0.3) is 10.0 Å². The molecule has 1 heterocycles. The first-order valence-electron chi connectivity index (χ1n) is 4.38. The zero-order chi connectivity index (χ0) is 10.8. The Kier molecular flexibility index (Phi) is 3.22. The quantitative estimate of drug-likeness (QED) is 0.770. The van der Waals surface area contributed by atoms with E-state index in [0.717, 1.165) is 0 Å². The SMILES string of the molecule is CCn1nncc1S(=O)(=O)NC(C)C. The fraction of sp³-hybridized carbons (Fsp3) is 0.714. The van der Waals surface area contributed by atoms with Gasteiger partial charge in [0.15, 0.2) is 5.03 Å². The molecular formula is C7H14N4O2S. The summed E-state index contributed by atoms with van der Waals surface area (Å²) in [5, 5.41) is 7.32. The molecule has 0 radical (unpaired) electrons. The molecule has 1 aromatic rings. The highest BCUT2D eigenvalue weighted by molar-refractivity contribution is 7.89. The van der Waals surface area contributed by atoms with E-state index in [2.05, 4.69) is 15.0 Å². The molecule has 6 nitrogen and oxygen atoms in total. The number of sulfonamides is 1. The smallest absolute Gasteiger partial charge is 0.233 e. The number of nitrogens with one attached hydrogen (secondary N) is 1. The minimum absolute atomic E-state index is 0.105. The standard InChI is InChI=1S/C7H14N4O2S/c1-4-11-7(5-8-10-11)14(12,13)9-6(2)3/h5-6,9H,4H2,1-3H3. The molecule has 1 N–H and O–H groups in total. The number of hydrogen-bond donors (Lipinski definition) is 1. The van der Waals surface area contributed by atoms with Gasteiger partial charge in [0.05, 0.1) is 6.20 Å². The molecule has 0 aliphatic rings. The van der Waals surface area contributed by atoms with Gasteiger partial charge in [-0.2, -0.15) is 0 Å². The molecule has 0 unspecified atom stereocenters. The average Bonchev–Trinajstić information content (AvgIpc) is 2.48. The molecule has 0 aromatic carbocycles. The molecule has 14 heavy (non-hydrogen) atoms. The third-order valence-corrected chi connectivity index (χ3v) is 3.20. The average molecular weight is 218 g/mol. The molecule has 0 aliphatic heterocycles. The molecule has 1 rings (SSSR count). The highest BCUT2D eigenvalue weighted by atomic mass is 32.2. The summed E-state index contributed by atoms with van der Waals surface area (Å²) in [6.07, 6.45) is 1.24. The van der Waals surface area contributed by atoms with Crippen LogP contribution >= 0.6 is 0 Å². The Morgan fingerprint density at radius 1 is 1.57 bits per heavy atom. The lowest BCUT2D eigenvalue weighted by Crippen LogP contribution is -2.31. The van der Waals surface area contributed by atoms with E-state index < -0.39 is 10.0 Å². The van der Waals surface area contributed by atoms with Crippen molar-refractivity contribution in [2.45, 2.75) is 38.4 Å². The lowest BCUT2D eigenvalue weighted by Gasteiger charge is -2.09. The lowest BCUT2D eigenvalue weighted by atomic mass is 10.4. The number of aryl methyl sites for hydroxylation is 1. The third kappa shape index (κ3) is 2.30. The van der Waals surface area contributed by atoms with Gasteiger partial charge in [-0.15, -0.1) is 5.10 Å². The normalized spacial score (nSPS) is 12.3. The summed E-state index contributed by atoms with van der Waals surface area (Å²) >= 11 is 0. The van der Waals surface area contributed by atoms with Gasteiger partial charge in [0.1, 0.15) is 0 Å². The number of hydrogen-bond acceptors (Lipinski definition) is 4. The molecule has 0 amide bonds. The lowest BCUT2D eigenvalue weighted by molar-refractivity contribution is 0.530. The van der Waals surface area contributed by atoms with Crippen LogP contribution in [0.4, 0.5) is 0 Å². The van der Waals surface area contributed by atoms with E-state index in [-0.39, 0.29) is 11.1 Å². The van der Waals surface area contributed by atoms with Crippen molar-refractivity contribution >= 4 is 10.0 Å². The molecule has 0 aliphatic carbocycles. The van der Waals surface area contributed by atoms with E-state index in [0.29, 0.717) is 6.54 Å². The number of aromatic nitrogens is 3. The molecule has 0 spiro atoms. The third-order valence-electron chi connectivity index (χ3n) is 1.55. The van der Waals surface area contributed by atoms with Crippen molar-refractivity contribution in [1.82, 2.24) is 19.7 Å². The van der Waals surface area contributed by atoms with Gasteiger partial charge in [-0.05, 0) is 20.8 Å². The predicted molar refractivity (Wildman–Crippen MR) is 51.2 cm³/mol. The number of rotatable bonds is 4. The Morgan fingerprint density at radius 3 is 2.71 bits per heavy atom. The minimum Gasteiger partial charge on any atom is -0.233 e. The summed E-state index contributed by atoms with van der Waals surface area (Å²) < 4.78 is 27.1. The van der Waals surface area contributed by atoms with Crippen molar-refractivity contribution in [1.29, 1.82) is 0 Å². The van der Waals surface area contributed by atoms with Crippen LogP contribution in [0.2, 0.25) is 0 Å². The molecule has 0 saturated carbocycles. The largest absolute Gasteiger partial charge is 0.259 e. The summed E-state index contributed by atoms with van der Waals surface area (Å²) in [4.78, 5) is 0. The van der Waals surface area contributed by atoms with Crippen LogP contribution in [0.15, 0.2) is 11.2 Å². The highest BCUT2D eigenvalue weighted by Gasteiger charge is 2.20. The first-order valence-corrected chi connectivity index (χ1v) is 5.86. The van der Waals surface area contributed by atoms with Crippen molar-refractivity contribution in [2.75, 3.05) is 0 Å². The molecule has 0 fully saturated rings. The summed E-state index contributed by atoms with van der Waals surface area (Å²) in [6, 6.07) is -0.139. The first kappa shape index (κ1) is 11.1. The summed E-state index contributed by atoms with van der Waals surface area (Å²) in [7, 11) is -3.47. The minimum atomic E-state index is -3.47. The van der Waals surface area contributed by atoms with Gasteiger partial charge in [-0.1, -0.05) is 5.21 Å². The van der Waals surface area contributed by atoms with E-state index in [4.69, 9.17) is 0 Å². The molecule has 1 aromatic heterocycles. The van der Waals surface area contributed by atoms with Gasteiger partial charge >= 0.3 is 0 Å². The Bertz CT molecular complexity index is 396. The van der Waals surface area contributed by atoms with Gasteiger partial charge in [0, 0.05) is 12.6 Å². The van der Waals surface area contributed by atoms with Crippen LogP contribution in [0.3, 0.4) is 0 Å². The van der Waals surface area contributed by atoms with Crippen LogP contribution in [-0.2, 0) is 16.6 Å². The molecule has 80 valence electrons. The van der Waals surface area contributed by atoms with Crippen LogP contribution in [0.5, 0.6) is 0 Å². The Hall–Kier alpha value is -0.950. The van der Waals surface area contributed by atoms with E-state index in [1.165, 1.54) is 10.9 Å². The van der Waals surface area contributed by atoms with E-state index >= 15 is 0 Å². The van der Waals surface area contributed by atoms with Crippen molar-refractivity contribution in [2.24, 2.45) is 0 Å². The van der Waals surface area contributed by atoms with Gasteiger partial charge in [-0.25, -0.2) is 17.8 Å². The molecule has 0 atom stereocenters. The van der Waals surface area contributed by atoms with E-state index in [1.54, 1.807) is 13.8 Å². The second-order valence-electron chi connectivity index (χ2n) is 3.16. The fourth-order valence-electron chi connectivity index (χ4n) is 1.05. The fourth-order valence-corrected chi connectivity index (χ4v) is 2.42. The molecule has 0 bridgehead atoms. The van der Waals surface area contributed by atoms with Crippen LogP contribution in [0.1, 0.15) is 20.8 Å². The second kappa shape index (κ2) is 4.05. The van der Waals surface area contributed by atoms with Crippen LogP contribution in [-0.4, -0.2) is 29.5 Å². The zero-order valence-corrected chi connectivity index (χ0v) is 9.24. The Labute approximate surface area is 83.4 Å². The van der Waals surface area contributed by atoms with Crippen LogP contribution in [0.25, 0.3) is 0 Å². The summed E-state index contributed by atoms with van der Waals surface area (Å²) in [6.45, 7) is 5.81. The Morgan fingerprint density at radius 2 is 2.21 bits per heavy atom. The van der Waals surface area contributed by atoms with E-state index in [9.17, 15) is 8.42 Å². The maximum Gasteiger partial charge on any atom is 0.259 e. The Balaban J connectivity index is 3.04.